The van der Waals surface area contributed by atoms with E-state index in [-0.39, 0.29) is 11.7 Å². The fraction of sp³-hybridized carbons (Fsp3) is 0.150. The highest BCUT2D eigenvalue weighted by atomic mass is 35.5. The average molecular weight is 340 g/mol. The minimum absolute atomic E-state index is 0.264. The highest BCUT2D eigenvalue weighted by Crippen LogP contribution is 2.27. The Hall–Kier alpha value is -2.52. The molecule has 0 fully saturated rings. The first kappa shape index (κ1) is 16.3. The van der Waals surface area contributed by atoms with Crippen molar-refractivity contribution in [3.63, 3.8) is 0 Å². The molecule has 0 spiro atoms. The van der Waals surface area contributed by atoms with Crippen LogP contribution < -0.4 is 5.32 Å². The number of anilines is 1. The lowest BCUT2D eigenvalue weighted by atomic mass is 10.1. The molecule has 1 aromatic heterocycles. The predicted molar refractivity (Wildman–Crippen MR) is 97.7 cm³/mol. The number of rotatable bonds is 4. The Morgan fingerprint density at radius 2 is 1.92 bits per heavy atom. The summed E-state index contributed by atoms with van der Waals surface area (Å²) >= 11 is 6.15. The maximum absolute atomic E-state index is 12.4. The van der Waals surface area contributed by atoms with Gasteiger partial charge in [-0.3, -0.25) is 4.79 Å². The summed E-state index contributed by atoms with van der Waals surface area (Å²) in [6, 6.07) is 16.9. The van der Waals surface area contributed by atoms with Crippen LogP contribution in [0.25, 0.3) is 11.3 Å². The van der Waals surface area contributed by atoms with Gasteiger partial charge in [-0.05, 0) is 48.7 Å². The van der Waals surface area contributed by atoms with Crippen molar-refractivity contribution < 1.29 is 9.21 Å². The molecule has 0 aliphatic carbocycles. The van der Waals surface area contributed by atoms with E-state index in [1.165, 1.54) is 0 Å². The monoisotopic (exact) mass is 339 g/mol. The SMILES string of the molecule is CCc1ccccc1NC(=O)c1ccc(-c2ccc(C)c(Cl)c2)o1. The first-order valence-electron chi connectivity index (χ1n) is 7.84. The zero-order valence-corrected chi connectivity index (χ0v) is 14.4. The van der Waals surface area contributed by atoms with Crippen LogP contribution in [0.2, 0.25) is 5.02 Å². The molecule has 0 saturated carbocycles. The Morgan fingerprint density at radius 3 is 2.67 bits per heavy atom. The van der Waals surface area contributed by atoms with Crippen LogP contribution in [0.15, 0.2) is 59.0 Å². The Morgan fingerprint density at radius 1 is 1.12 bits per heavy atom. The zero-order valence-electron chi connectivity index (χ0n) is 13.6. The van der Waals surface area contributed by atoms with Gasteiger partial charge in [0, 0.05) is 16.3 Å². The van der Waals surface area contributed by atoms with Crippen LogP contribution >= 0.6 is 11.6 Å². The number of hydrogen-bond donors (Lipinski definition) is 1. The largest absolute Gasteiger partial charge is 0.451 e. The summed E-state index contributed by atoms with van der Waals surface area (Å²) in [5, 5.41) is 3.58. The van der Waals surface area contributed by atoms with Crippen molar-refractivity contribution in [2.45, 2.75) is 20.3 Å². The van der Waals surface area contributed by atoms with E-state index in [1.54, 1.807) is 12.1 Å². The quantitative estimate of drug-likeness (QED) is 0.660. The van der Waals surface area contributed by atoms with Crippen LogP contribution in [0.3, 0.4) is 0 Å². The van der Waals surface area contributed by atoms with Crippen LogP contribution in [0.1, 0.15) is 28.6 Å². The molecule has 3 aromatic rings. The molecule has 2 aromatic carbocycles. The van der Waals surface area contributed by atoms with E-state index < -0.39 is 0 Å². The lowest BCUT2D eigenvalue weighted by molar-refractivity contribution is 0.0997. The lowest BCUT2D eigenvalue weighted by Gasteiger charge is -2.08. The third-order valence-corrected chi connectivity index (χ3v) is 4.34. The molecule has 3 nitrogen and oxygen atoms in total. The van der Waals surface area contributed by atoms with E-state index in [1.807, 2.05) is 49.4 Å². The highest BCUT2D eigenvalue weighted by molar-refractivity contribution is 6.31. The second kappa shape index (κ2) is 6.93. The summed E-state index contributed by atoms with van der Waals surface area (Å²) in [6.07, 6.45) is 0.849. The molecule has 3 rings (SSSR count). The molecule has 0 radical (unpaired) electrons. The van der Waals surface area contributed by atoms with Gasteiger partial charge in [0.2, 0.25) is 0 Å². The molecular formula is C20H18ClNO2. The molecule has 0 unspecified atom stereocenters. The van der Waals surface area contributed by atoms with Gasteiger partial charge in [0.1, 0.15) is 5.76 Å². The van der Waals surface area contributed by atoms with Crippen molar-refractivity contribution in [3.8, 4) is 11.3 Å². The molecule has 1 amide bonds. The van der Waals surface area contributed by atoms with Gasteiger partial charge in [0.15, 0.2) is 5.76 Å². The fourth-order valence-corrected chi connectivity index (χ4v) is 2.68. The third kappa shape index (κ3) is 3.36. The van der Waals surface area contributed by atoms with Gasteiger partial charge in [-0.1, -0.05) is 48.9 Å². The van der Waals surface area contributed by atoms with E-state index in [9.17, 15) is 4.79 Å². The van der Waals surface area contributed by atoms with Gasteiger partial charge in [-0.15, -0.1) is 0 Å². The van der Waals surface area contributed by atoms with Crippen molar-refractivity contribution in [1.82, 2.24) is 0 Å². The molecule has 122 valence electrons. The van der Waals surface area contributed by atoms with Crippen LogP contribution in [-0.4, -0.2) is 5.91 Å². The van der Waals surface area contributed by atoms with Crippen LogP contribution in [0.4, 0.5) is 5.69 Å². The molecule has 0 aliphatic heterocycles. The number of carbonyl (C=O) groups is 1. The number of halogens is 1. The fourth-order valence-electron chi connectivity index (χ4n) is 2.50. The second-order valence-electron chi connectivity index (χ2n) is 5.59. The van der Waals surface area contributed by atoms with Gasteiger partial charge in [-0.25, -0.2) is 0 Å². The second-order valence-corrected chi connectivity index (χ2v) is 6.00. The number of benzene rings is 2. The maximum Gasteiger partial charge on any atom is 0.291 e. The Labute approximate surface area is 146 Å². The third-order valence-electron chi connectivity index (χ3n) is 3.93. The molecule has 4 heteroatoms. The number of hydrogen-bond acceptors (Lipinski definition) is 2. The van der Waals surface area contributed by atoms with Gasteiger partial charge >= 0.3 is 0 Å². The molecular weight excluding hydrogens is 322 g/mol. The number of carbonyl (C=O) groups excluding carboxylic acids is 1. The number of furan rings is 1. The van der Waals surface area contributed by atoms with Gasteiger partial charge < -0.3 is 9.73 Å². The topological polar surface area (TPSA) is 42.2 Å². The van der Waals surface area contributed by atoms with E-state index in [0.29, 0.717) is 10.8 Å². The number of para-hydroxylation sites is 1. The summed E-state index contributed by atoms with van der Waals surface area (Å²) in [6.45, 7) is 4.00. The first-order valence-corrected chi connectivity index (χ1v) is 8.22. The van der Waals surface area contributed by atoms with Crippen LogP contribution in [0, 0.1) is 6.92 Å². The van der Waals surface area contributed by atoms with Crippen molar-refractivity contribution >= 4 is 23.2 Å². The van der Waals surface area contributed by atoms with Crippen LogP contribution in [0.5, 0.6) is 0 Å². The van der Waals surface area contributed by atoms with E-state index >= 15 is 0 Å². The maximum atomic E-state index is 12.4. The molecule has 1 heterocycles. The Bertz CT molecular complexity index is 883. The van der Waals surface area contributed by atoms with Crippen LogP contribution in [-0.2, 0) is 6.42 Å². The molecule has 0 saturated heterocycles. The Kier molecular flexibility index (Phi) is 4.72. The van der Waals surface area contributed by atoms with Crippen molar-refractivity contribution in [3.05, 3.63) is 76.5 Å². The van der Waals surface area contributed by atoms with Crippen molar-refractivity contribution in [2.75, 3.05) is 5.32 Å². The minimum atomic E-state index is -0.264. The summed E-state index contributed by atoms with van der Waals surface area (Å²) < 4.78 is 5.70. The summed E-state index contributed by atoms with van der Waals surface area (Å²) in [5.74, 6) is 0.624. The van der Waals surface area contributed by atoms with E-state index in [0.717, 1.165) is 28.8 Å². The van der Waals surface area contributed by atoms with Gasteiger partial charge in [0.05, 0.1) is 0 Å². The summed E-state index contributed by atoms with van der Waals surface area (Å²) in [7, 11) is 0. The van der Waals surface area contributed by atoms with E-state index in [2.05, 4.69) is 12.2 Å². The average Bonchev–Trinajstić information content (AvgIpc) is 3.08. The smallest absolute Gasteiger partial charge is 0.291 e. The first-order chi connectivity index (χ1) is 11.6. The highest BCUT2D eigenvalue weighted by Gasteiger charge is 2.14. The van der Waals surface area contributed by atoms with Crippen molar-refractivity contribution in [2.24, 2.45) is 0 Å². The van der Waals surface area contributed by atoms with E-state index in [4.69, 9.17) is 16.0 Å². The molecule has 0 bridgehead atoms. The zero-order chi connectivity index (χ0) is 17.1. The number of amides is 1. The predicted octanol–water partition coefficient (Wildman–Crippen LogP) is 5.72. The molecule has 24 heavy (non-hydrogen) atoms. The summed E-state index contributed by atoms with van der Waals surface area (Å²) in [5.41, 5.74) is 3.74. The Balaban J connectivity index is 1.82. The number of nitrogens with one attached hydrogen (secondary N) is 1. The van der Waals surface area contributed by atoms with Crippen molar-refractivity contribution in [1.29, 1.82) is 0 Å². The standard InChI is InChI=1S/C20H18ClNO2/c1-3-14-6-4-5-7-17(14)22-20(23)19-11-10-18(24-19)15-9-8-13(2)16(21)12-15/h4-12H,3H2,1-2H3,(H,22,23). The molecule has 0 atom stereocenters. The molecule has 1 N–H and O–H groups in total. The van der Waals surface area contributed by atoms with Gasteiger partial charge in [-0.2, -0.15) is 0 Å². The molecule has 0 aliphatic rings. The number of aryl methyl sites for hydroxylation is 2. The normalized spacial score (nSPS) is 10.6. The summed E-state index contributed by atoms with van der Waals surface area (Å²) in [4.78, 5) is 12.4. The lowest BCUT2D eigenvalue weighted by Crippen LogP contribution is -2.12. The minimum Gasteiger partial charge on any atom is -0.451 e. The van der Waals surface area contributed by atoms with Gasteiger partial charge in [0.25, 0.3) is 5.91 Å².